The van der Waals surface area contributed by atoms with Crippen molar-refractivity contribution in [3.8, 4) is 5.75 Å². The van der Waals surface area contributed by atoms with Crippen LogP contribution in [0.15, 0.2) is 59.7 Å². The third-order valence-corrected chi connectivity index (χ3v) is 4.40. The fourth-order valence-electron chi connectivity index (χ4n) is 2.65. The molecule has 0 atom stereocenters. The first-order chi connectivity index (χ1) is 14.2. The molecule has 0 fully saturated rings. The minimum atomic E-state index is -0.418. The number of ether oxygens (including phenoxy) is 1. The highest BCUT2D eigenvalue weighted by molar-refractivity contribution is 5.93. The number of H-pyrrole nitrogens is 1. The molecule has 3 aromatic rings. The number of aromatic nitrogens is 2. The highest BCUT2D eigenvalue weighted by Crippen LogP contribution is 2.22. The average molecular weight is 404 g/mol. The van der Waals surface area contributed by atoms with Gasteiger partial charge >= 0.3 is 5.97 Å². The fraction of sp³-hybridized carbons (Fsp3) is 0.217. The smallest absolute Gasteiger partial charge is 0.343 e. The van der Waals surface area contributed by atoms with Gasteiger partial charge in [0.25, 0.3) is 5.91 Å². The zero-order valence-electron chi connectivity index (χ0n) is 17.4. The van der Waals surface area contributed by atoms with Gasteiger partial charge in [-0.25, -0.2) is 10.2 Å². The van der Waals surface area contributed by atoms with Gasteiger partial charge < -0.3 is 4.74 Å². The monoisotopic (exact) mass is 404 g/mol. The molecule has 2 N–H and O–H groups in total. The number of aryl methyl sites for hydroxylation is 1. The third kappa shape index (κ3) is 5.41. The van der Waals surface area contributed by atoms with Crippen molar-refractivity contribution in [3.63, 3.8) is 0 Å². The topological polar surface area (TPSA) is 96.4 Å². The van der Waals surface area contributed by atoms with E-state index in [1.165, 1.54) is 6.21 Å². The molecule has 30 heavy (non-hydrogen) atoms. The van der Waals surface area contributed by atoms with E-state index in [9.17, 15) is 9.59 Å². The number of amides is 1. The van der Waals surface area contributed by atoms with E-state index in [1.807, 2.05) is 19.1 Å². The lowest BCUT2D eigenvalue weighted by Gasteiger charge is -2.18. The van der Waals surface area contributed by atoms with Crippen molar-refractivity contribution in [2.45, 2.75) is 33.1 Å². The van der Waals surface area contributed by atoms with Crippen molar-refractivity contribution in [3.05, 3.63) is 82.7 Å². The highest BCUT2D eigenvalue weighted by atomic mass is 16.5. The van der Waals surface area contributed by atoms with E-state index in [2.05, 4.69) is 41.5 Å². The Kier molecular flexibility index (Phi) is 6.11. The predicted octanol–water partition coefficient (Wildman–Crippen LogP) is 4.00. The Morgan fingerprint density at radius 3 is 2.30 bits per heavy atom. The largest absolute Gasteiger partial charge is 0.423 e. The van der Waals surface area contributed by atoms with E-state index in [1.54, 1.807) is 42.5 Å². The Bertz CT molecular complexity index is 1060. The molecule has 0 spiro atoms. The molecular weight excluding hydrogens is 380 g/mol. The van der Waals surface area contributed by atoms with Crippen molar-refractivity contribution in [2.75, 3.05) is 0 Å². The second kappa shape index (κ2) is 8.73. The lowest BCUT2D eigenvalue weighted by Crippen LogP contribution is -2.18. The number of rotatable bonds is 5. The van der Waals surface area contributed by atoms with Crippen LogP contribution in [-0.4, -0.2) is 28.3 Å². The van der Waals surface area contributed by atoms with Crippen molar-refractivity contribution in [1.82, 2.24) is 15.6 Å². The summed E-state index contributed by atoms with van der Waals surface area (Å²) in [6.07, 6.45) is 1.49. The van der Waals surface area contributed by atoms with Gasteiger partial charge in [0.1, 0.15) is 5.75 Å². The standard InChI is InChI=1S/C23H24N4O3/c1-15-13-20(26-25-15)21(28)27-24-14-16-5-11-19(12-6-16)30-22(29)17-7-9-18(10-8-17)23(2,3)4/h5-14H,1-4H3,(H,25,26)(H,27,28). The number of hydrazone groups is 1. The summed E-state index contributed by atoms with van der Waals surface area (Å²) in [5.41, 5.74) is 5.87. The van der Waals surface area contributed by atoms with Crippen molar-refractivity contribution >= 4 is 18.1 Å². The maximum Gasteiger partial charge on any atom is 0.343 e. The molecule has 0 radical (unpaired) electrons. The summed E-state index contributed by atoms with van der Waals surface area (Å²) in [4.78, 5) is 24.2. The number of nitrogens with one attached hydrogen (secondary N) is 2. The van der Waals surface area contributed by atoms with Crippen molar-refractivity contribution < 1.29 is 14.3 Å². The minimum Gasteiger partial charge on any atom is -0.423 e. The summed E-state index contributed by atoms with van der Waals surface area (Å²) in [7, 11) is 0. The number of hydrogen-bond donors (Lipinski definition) is 2. The number of esters is 1. The third-order valence-electron chi connectivity index (χ3n) is 4.40. The molecular formula is C23H24N4O3. The highest BCUT2D eigenvalue weighted by Gasteiger charge is 2.15. The zero-order chi connectivity index (χ0) is 21.7. The van der Waals surface area contributed by atoms with E-state index < -0.39 is 11.9 Å². The van der Waals surface area contributed by atoms with Crippen LogP contribution >= 0.6 is 0 Å². The maximum atomic E-state index is 12.3. The van der Waals surface area contributed by atoms with Crippen LogP contribution < -0.4 is 10.2 Å². The van der Waals surface area contributed by atoms with Gasteiger partial charge in [0.15, 0.2) is 5.69 Å². The van der Waals surface area contributed by atoms with Crippen LogP contribution in [0.4, 0.5) is 0 Å². The van der Waals surface area contributed by atoms with Crippen LogP contribution in [-0.2, 0) is 5.41 Å². The number of carbonyl (C=O) groups excluding carboxylic acids is 2. The number of aromatic amines is 1. The Morgan fingerprint density at radius 1 is 1.07 bits per heavy atom. The van der Waals surface area contributed by atoms with Gasteiger partial charge in [0, 0.05) is 5.69 Å². The summed E-state index contributed by atoms with van der Waals surface area (Å²) in [5.74, 6) is -0.398. The van der Waals surface area contributed by atoms with Crippen molar-refractivity contribution in [2.24, 2.45) is 5.10 Å². The molecule has 1 amide bonds. The quantitative estimate of drug-likeness (QED) is 0.291. The predicted molar refractivity (Wildman–Crippen MR) is 115 cm³/mol. The molecule has 0 unspecified atom stereocenters. The molecule has 7 nitrogen and oxygen atoms in total. The lowest BCUT2D eigenvalue weighted by molar-refractivity contribution is 0.0734. The second-order valence-electron chi connectivity index (χ2n) is 7.92. The molecule has 0 aliphatic carbocycles. The van der Waals surface area contributed by atoms with Gasteiger partial charge in [-0.1, -0.05) is 32.9 Å². The second-order valence-corrected chi connectivity index (χ2v) is 7.92. The van der Waals surface area contributed by atoms with Crippen LogP contribution in [0.3, 0.4) is 0 Å². The van der Waals surface area contributed by atoms with Gasteiger partial charge in [0.2, 0.25) is 0 Å². The molecule has 0 saturated carbocycles. The Labute approximate surface area is 175 Å². The van der Waals surface area contributed by atoms with Gasteiger partial charge in [-0.05, 0) is 65.9 Å². The first-order valence-corrected chi connectivity index (χ1v) is 9.50. The summed E-state index contributed by atoms with van der Waals surface area (Å²) in [6.45, 7) is 8.17. The molecule has 154 valence electrons. The van der Waals surface area contributed by atoms with E-state index in [0.29, 0.717) is 11.3 Å². The number of carbonyl (C=O) groups is 2. The number of nitrogens with zero attached hydrogens (tertiary/aromatic N) is 2. The number of hydrogen-bond acceptors (Lipinski definition) is 5. The average Bonchev–Trinajstić information content (AvgIpc) is 3.15. The SMILES string of the molecule is Cc1cc(C(=O)NN=Cc2ccc(OC(=O)c3ccc(C(C)(C)C)cc3)cc2)n[nH]1. The van der Waals surface area contributed by atoms with Crippen molar-refractivity contribution in [1.29, 1.82) is 0 Å². The fourth-order valence-corrected chi connectivity index (χ4v) is 2.65. The molecule has 0 bridgehead atoms. The van der Waals surface area contributed by atoms with Gasteiger partial charge in [-0.2, -0.15) is 10.2 Å². The van der Waals surface area contributed by atoms with Crippen LogP contribution in [0.2, 0.25) is 0 Å². The summed E-state index contributed by atoms with van der Waals surface area (Å²) >= 11 is 0. The van der Waals surface area contributed by atoms with Gasteiger partial charge in [0.05, 0.1) is 11.8 Å². The van der Waals surface area contributed by atoms with Crippen LogP contribution in [0.5, 0.6) is 5.75 Å². The number of benzene rings is 2. The normalized spacial score (nSPS) is 11.5. The molecule has 1 heterocycles. The molecule has 7 heteroatoms. The Morgan fingerprint density at radius 2 is 1.73 bits per heavy atom. The molecule has 2 aromatic carbocycles. The van der Waals surface area contributed by atoms with Crippen LogP contribution in [0.25, 0.3) is 0 Å². The molecule has 0 aliphatic heterocycles. The van der Waals surface area contributed by atoms with Crippen LogP contribution in [0, 0.1) is 6.92 Å². The lowest BCUT2D eigenvalue weighted by atomic mass is 9.87. The van der Waals surface area contributed by atoms with E-state index in [0.717, 1.165) is 16.8 Å². The summed E-state index contributed by atoms with van der Waals surface area (Å²) in [6, 6.07) is 15.9. The van der Waals surface area contributed by atoms with Gasteiger partial charge in [-0.3, -0.25) is 9.89 Å². The molecule has 1 aromatic heterocycles. The van der Waals surface area contributed by atoms with E-state index in [-0.39, 0.29) is 11.1 Å². The maximum absolute atomic E-state index is 12.3. The van der Waals surface area contributed by atoms with Gasteiger partial charge in [-0.15, -0.1) is 0 Å². The Balaban J connectivity index is 1.56. The molecule has 0 saturated heterocycles. The summed E-state index contributed by atoms with van der Waals surface area (Å²) in [5, 5.41) is 10.5. The van der Waals surface area contributed by atoms with E-state index >= 15 is 0 Å². The molecule has 0 aliphatic rings. The summed E-state index contributed by atoms with van der Waals surface area (Å²) < 4.78 is 5.42. The first kappa shape index (κ1) is 21.0. The van der Waals surface area contributed by atoms with Crippen LogP contribution in [0.1, 0.15) is 58.4 Å². The minimum absolute atomic E-state index is 0.0242. The molecule has 3 rings (SSSR count). The Hall–Kier alpha value is -3.74. The zero-order valence-corrected chi connectivity index (χ0v) is 17.4. The first-order valence-electron chi connectivity index (χ1n) is 9.50. The van der Waals surface area contributed by atoms with E-state index in [4.69, 9.17) is 4.74 Å².